The number of rotatable bonds is 8. The monoisotopic (exact) mass is 562 g/mol. The number of carbonyl (C=O) groups excluding carboxylic acids is 1. The predicted molar refractivity (Wildman–Crippen MR) is 155 cm³/mol. The first-order chi connectivity index (χ1) is 19.0. The summed E-state index contributed by atoms with van der Waals surface area (Å²) in [5, 5.41) is 9.87. The minimum Gasteiger partial charge on any atom is -0.372 e. The molecule has 0 saturated carbocycles. The van der Waals surface area contributed by atoms with E-state index in [0.717, 1.165) is 37.3 Å². The smallest absolute Gasteiger partial charge is 0.256 e. The molecular formula is C31H32Cl2N4O2. The molecule has 2 heterocycles. The normalized spacial score (nSPS) is 16.7. The highest BCUT2D eigenvalue weighted by atomic mass is 35.5. The van der Waals surface area contributed by atoms with E-state index < -0.39 is 0 Å². The Morgan fingerprint density at radius 2 is 1.56 bits per heavy atom. The summed E-state index contributed by atoms with van der Waals surface area (Å²) in [5.74, 6) is -0.128. The van der Waals surface area contributed by atoms with Crippen LogP contribution >= 0.6 is 23.2 Å². The van der Waals surface area contributed by atoms with Gasteiger partial charge in [-0.05, 0) is 60.4 Å². The average Bonchev–Trinajstić information content (AvgIpc) is 3.51. The fourth-order valence-corrected chi connectivity index (χ4v) is 5.81. The van der Waals surface area contributed by atoms with Crippen molar-refractivity contribution in [1.82, 2.24) is 9.80 Å². The predicted octanol–water partition coefficient (Wildman–Crippen LogP) is 6.18. The molecule has 39 heavy (non-hydrogen) atoms. The third kappa shape index (κ3) is 6.74. The van der Waals surface area contributed by atoms with Crippen molar-refractivity contribution in [3.8, 4) is 6.07 Å². The molecule has 8 heteroatoms. The molecule has 2 aliphatic heterocycles. The van der Waals surface area contributed by atoms with Gasteiger partial charge < -0.3 is 14.5 Å². The van der Waals surface area contributed by atoms with Crippen LogP contribution in [-0.4, -0.2) is 61.5 Å². The standard InChI is InChI=1S/C31H32Cl2N4O2/c32-27-7-4-8-28(33)30(27)31(38)37-17-15-35(16-18-37)21-29(39-22-24-11-9-23(20-34)10-12-24)25-5-3-6-26(19-25)36-13-1-2-14-36/h3-12,19,29H,1-2,13-18,21-22H2/t29-/m0/s1. The van der Waals surface area contributed by atoms with Crippen molar-refractivity contribution in [1.29, 1.82) is 5.26 Å². The number of nitriles is 1. The highest BCUT2D eigenvalue weighted by Gasteiger charge is 2.27. The zero-order chi connectivity index (χ0) is 27.2. The lowest BCUT2D eigenvalue weighted by atomic mass is 10.1. The minimum atomic E-state index is -0.136. The third-order valence-corrected chi connectivity index (χ3v) is 8.14. The Morgan fingerprint density at radius 1 is 0.897 bits per heavy atom. The summed E-state index contributed by atoms with van der Waals surface area (Å²) < 4.78 is 6.52. The number of carbonyl (C=O) groups is 1. The Kier molecular flexibility index (Phi) is 9.06. The van der Waals surface area contributed by atoms with Crippen molar-refractivity contribution in [3.63, 3.8) is 0 Å². The molecule has 0 aliphatic carbocycles. The van der Waals surface area contributed by atoms with Crippen molar-refractivity contribution >= 4 is 34.8 Å². The lowest BCUT2D eigenvalue weighted by Gasteiger charge is -2.37. The van der Waals surface area contributed by atoms with Crippen LogP contribution in [0.2, 0.25) is 10.0 Å². The van der Waals surface area contributed by atoms with Gasteiger partial charge in [0.15, 0.2) is 0 Å². The van der Waals surface area contributed by atoms with Crippen molar-refractivity contribution < 1.29 is 9.53 Å². The van der Waals surface area contributed by atoms with Crippen molar-refractivity contribution in [2.45, 2.75) is 25.6 Å². The van der Waals surface area contributed by atoms with Gasteiger partial charge in [-0.1, -0.05) is 53.5 Å². The molecule has 5 rings (SSSR count). The highest BCUT2D eigenvalue weighted by molar-refractivity contribution is 6.39. The van der Waals surface area contributed by atoms with Crippen LogP contribution in [0.3, 0.4) is 0 Å². The van der Waals surface area contributed by atoms with Crippen LogP contribution in [0.4, 0.5) is 5.69 Å². The molecule has 202 valence electrons. The summed E-state index contributed by atoms with van der Waals surface area (Å²) in [7, 11) is 0. The van der Waals surface area contributed by atoms with Gasteiger partial charge in [-0.25, -0.2) is 0 Å². The van der Waals surface area contributed by atoms with Crippen LogP contribution < -0.4 is 4.90 Å². The molecule has 2 aliphatic rings. The molecule has 1 atom stereocenters. The Hall–Kier alpha value is -3.08. The number of nitrogens with zero attached hydrogens (tertiary/aromatic N) is 4. The van der Waals surface area contributed by atoms with Crippen LogP contribution in [-0.2, 0) is 11.3 Å². The SMILES string of the molecule is N#Cc1ccc(CO[C@@H](CN2CCN(C(=O)c3c(Cl)cccc3Cl)CC2)c2cccc(N3CCCC3)c2)cc1. The molecule has 0 unspecified atom stereocenters. The lowest BCUT2D eigenvalue weighted by Crippen LogP contribution is -2.49. The molecular weight excluding hydrogens is 531 g/mol. The second kappa shape index (κ2) is 12.8. The molecule has 2 saturated heterocycles. The van der Waals surface area contributed by atoms with E-state index in [-0.39, 0.29) is 12.0 Å². The molecule has 3 aromatic rings. The minimum absolute atomic E-state index is 0.128. The van der Waals surface area contributed by atoms with Gasteiger partial charge in [-0.15, -0.1) is 0 Å². The largest absolute Gasteiger partial charge is 0.372 e. The molecule has 6 nitrogen and oxygen atoms in total. The van der Waals surface area contributed by atoms with Crippen LogP contribution in [0.15, 0.2) is 66.7 Å². The van der Waals surface area contributed by atoms with E-state index in [1.165, 1.54) is 18.5 Å². The topological polar surface area (TPSA) is 59.8 Å². The van der Waals surface area contributed by atoms with Gasteiger partial charge in [0.05, 0.1) is 40.0 Å². The van der Waals surface area contributed by atoms with E-state index in [9.17, 15) is 4.79 Å². The molecule has 1 amide bonds. The Morgan fingerprint density at radius 3 is 2.23 bits per heavy atom. The summed E-state index contributed by atoms with van der Waals surface area (Å²) in [5.41, 5.74) is 4.43. The second-order valence-corrected chi connectivity index (χ2v) is 10.9. The first-order valence-electron chi connectivity index (χ1n) is 13.4. The van der Waals surface area contributed by atoms with E-state index in [1.54, 1.807) is 18.2 Å². The molecule has 0 spiro atoms. The van der Waals surface area contributed by atoms with Crippen LogP contribution in [0.5, 0.6) is 0 Å². The number of ether oxygens (including phenoxy) is 1. The zero-order valence-electron chi connectivity index (χ0n) is 21.9. The highest BCUT2D eigenvalue weighted by Crippen LogP contribution is 2.29. The van der Waals surface area contributed by atoms with Crippen LogP contribution in [0, 0.1) is 11.3 Å². The van der Waals surface area contributed by atoms with Gasteiger partial charge >= 0.3 is 0 Å². The fraction of sp³-hybridized carbons (Fsp3) is 0.355. The number of halogens is 2. The summed E-state index contributed by atoms with van der Waals surface area (Å²) in [4.78, 5) is 19.8. The summed E-state index contributed by atoms with van der Waals surface area (Å²) >= 11 is 12.6. The third-order valence-electron chi connectivity index (χ3n) is 7.51. The number of hydrogen-bond donors (Lipinski definition) is 0. The average molecular weight is 564 g/mol. The van der Waals surface area contributed by atoms with Crippen molar-refractivity contribution in [2.75, 3.05) is 50.7 Å². The maximum Gasteiger partial charge on any atom is 0.256 e. The van der Waals surface area contributed by atoms with Gasteiger partial charge in [0.25, 0.3) is 5.91 Å². The maximum absolute atomic E-state index is 13.1. The zero-order valence-corrected chi connectivity index (χ0v) is 23.4. The van der Waals surface area contributed by atoms with E-state index in [1.807, 2.05) is 29.2 Å². The van der Waals surface area contributed by atoms with Crippen molar-refractivity contribution in [2.24, 2.45) is 0 Å². The van der Waals surface area contributed by atoms with Crippen molar-refractivity contribution in [3.05, 3.63) is 99.0 Å². The Bertz CT molecular complexity index is 1310. The maximum atomic E-state index is 13.1. The van der Waals surface area contributed by atoms with Crippen LogP contribution in [0.25, 0.3) is 0 Å². The Labute approximate surface area is 240 Å². The van der Waals surface area contributed by atoms with Gasteiger partial charge in [0.1, 0.15) is 0 Å². The lowest BCUT2D eigenvalue weighted by molar-refractivity contribution is 0.00344. The number of benzene rings is 3. The van der Waals surface area contributed by atoms with Gasteiger partial charge in [-0.3, -0.25) is 9.69 Å². The first-order valence-corrected chi connectivity index (χ1v) is 14.2. The second-order valence-electron chi connectivity index (χ2n) is 10.1. The van der Waals surface area contributed by atoms with E-state index >= 15 is 0 Å². The molecule has 0 N–H and O–H groups in total. The number of anilines is 1. The van der Waals surface area contributed by atoms with E-state index in [4.69, 9.17) is 33.2 Å². The molecule has 0 aromatic heterocycles. The molecule has 3 aromatic carbocycles. The van der Waals surface area contributed by atoms with E-state index in [0.29, 0.717) is 47.4 Å². The fourth-order valence-electron chi connectivity index (χ4n) is 5.25. The summed E-state index contributed by atoms with van der Waals surface area (Å²) in [6.07, 6.45) is 2.32. The van der Waals surface area contributed by atoms with Crippen LogP contribution in [0.1, 0.15) is 46.0 Å². The number of piperazine rings is 1. The molecule has 2 fully saturated rings. The Balaban J connectivity index is 1.27. The summed E-state index contributed by atoms with van der Waals surface area (Å²) in [6, 6.07) is 23.5. The van der Waals surface area contributed by atoms with Gasteiger partial charge in [0.2, 0.25) is 0 Å². The molecule has 0 radical (unpaired) electrons. The quantitative estimate of drug-likeness (QED) is 0.328. The summed E-state index contributed by atoms with van der Waals surface area (Å²) in [6.45, 7) is 6.00. The first kappa shape index (κ1) is 27.5. The van der Waals surface area contributed by atoms with Gasteiger partial charge in [-0.2, -0.15) is 5.26 Å². The number of hydrogen-bond acceptors (Lipinski definition) is 5. The van der Waals surface area contributed by atoms with Gasteiger partial charge in [0, 0.05) is 51.5 Å². The van der Waals surface area contributed by atoms with E-state index in [2.05, 4.69) is 40.1 Å². The number of amides is 1. The molecule has 0 bridgehead atoms.